The number of carbonyl (C=O) groups excluding carboxylic acids is 1. The van der Waals surface area contributed by atoms with E-state index in [1.807, 2.05) is 68.4 Å². The lowest BCUT2D eigenvalue weighted by atomic mass is 10.2. The summed E-state index contributed by atoms with van der Waals surface area (Å²) < 4.78 is 2.15. The summed E-state index contributed by atoms with van der Waals surface area (Å²) in [4.78, 5) is 19.3. The molecule has 26 heavy (non-hydrogen) atoms. The molecule has 1 N–H and O–H groups in total. The van der Waals surface area contributed by atoms with Gasteiger partial charge < -0.3 is 14.8 Å². The number of para-hydroxylation sites is 2. The van der Waals surface area contributed by atoms with E-state index in [0.717, 1.165) is 34.1 Å². The molecule has 1 unspecified atom stereocenters. The van der Waals surface area contributed by atoms with Crippen molar-refractivity contribution in [1.82, 2.24) is 9.55 Å². The van der Waals surface area contributed by atoms with Crippen molar-refractivity contribution in [3.8, 4) is 0 Å². The molecule has 6 heteroatoms. The summed E-state index contributed by atoms with van der Waals surface area (Å²) in [6.45, 7) is 4.83. The zero-order chi connectivity index (χ0) is 18.7. The number of hydrogen-bond acceptors (Lipinski definition) is 4. The molecule has 0 aliphatic carbocycles. The van der Waals surface area contributed by atoms with Crippen LogP contribution in [0.3, 0.4) is 0 Å². The average molecular weight is 369 g/mol. The highest BCUT2D eigenvalue weighted by Crippen LogP contribution is 2.28. The Bertz CT molecular complexity index is 902. The van der Waals surface area contributed by atoms with E-state index >= 15 is 0 Å². The maximum absolute atomic E-state index is 12.6. The number of carbonyl (C=O) groups is 1. The Balaban J connectivity index is 1.71. The van der Waals surface area contributed by atoms with Crippen LogP contribution >= 0.6 is 11.8 Å². The van der Waals surface area contributed by atoms with Gasteiger partial charge in [-0.1, -0.05) is 23.9 Å². The second kappa shape index (κ2) is 7.83. The molecule has 5 nitrogen and oxygen atoms in total. The van der Waals surface area contributed by atoms with Gasteiger partial charge in [-0.2, -0.15) is 0 Å². The minimum Gasteiger partial charge on any atom is -0.378 e. The molecule has 0 saturated heterocycles. The molecule has 1 atom stereocenters. The van der Waals surface area contributed by atoms with E-state index in [1.54, 1.807) is 0 Å². The van der Waals surface area contributed by atoms with E-state index in [9.17, 15) is 4.79 Å². The Hall–Kier alpha value is -2.47. The lowest BCUT2D eigenvalue weighted by Crippen LogP contribution is -2.23. The molecule has 0 saturated carbocycles. The maximum Gasteiger partial charge on any atom is 0.237 e. The van der Waals surface area contributed by atoms with Crippen LogP contribution < -0.4 is 10.2 Å². The molecule has 0 spiro atoms. The fraction of sp³-hybridized carbons (Fsp3) is 0.300. The van der Waals surface area contributed by atoms with Gasteiger partial charge in [0, 0.05) is 32.0 Å². The first-order chi connectivity index (χ1) is 12.5. The quantitative estimate of drug-likeness (QED) is 0.661. The normalized spacial score (nSPS) is 12.2. The summed E-state index contributed by atoms with van der Waals surface area (Å²) >= 11 is 1.49. The van der Waals surface area contributed by atoms with Gasteiger partial charge in [0.2, 0.25) is 5.91 Å². The predicted molar refractivity (Wildman–Crippen MR) is 110 cm³/mol. The van der Waals surface area contributed by atoms with E-state index in [4.69, 9.17) is 0 Å². The van der Waals surface area contributed by atoms with Gasteiger partial charge in [-0.05, 0) is 50.2 Å². The summed E-state index contributed by atoms with van der Waals surface area (Å²) in [5, 5.41) is 3.61. The summed E-state index contributed by atoms with van der Waals surface area (Å²) in [7, 11) is 3.98. The SMILES string of the molecule is CCn1c(SC(C)C(=O)Nc2ccc(N(C)C)cc2)nc2ccccc21. The van der Waals surface area contributed by atoms with Gasteiger partial charge in [0.1, 0.15) is 0 Å². The molecule has 0 bridgehead atoms. The minimum absolute atomic E-state index is 0.0256. The number of thioether (sulfide) groups is 1. The Morgan fingerprint density at radius 3 is 2.54 bits per heavy atom. The van der Waals surface area contributed by atoms with E-state index in [-0.39, 0.29) is 11.2 Å². The second-order valence-corrected chi connectivity index (χ2v) is 7.63. The molecule has 1 aromatic heterocycles. The van der Waals surface area contributed by atoms with Crippen LogP contribution in [0.15, 0.2) is 53.7 Å². The Morgan fingerprint density at radius 2 is 1.88 bits per heavy atom. The van der Waals surface area contributed by atoms with Crippen LogP contribution in [0.5, 0.6) is 0 Å². The first kappa shape index (κ1) is 18.3. The third kappa shape index (κ3) is 3.85. The number of aromatic nitrogens is 2. The highest BCUT2D eigenvalue weighted by atomic mass is 32.2. The standard InChI is InChI=1S/C20H24N4OS/c1-5-24-18-9-7-6-8-17(18)22-20(24)26-14(2)19(25)21-15-10-12-16(13-11-15)23(3)4/h6-14H,5H2,1-4H3,(H,21,25). The van der Waals surface area contributed by atoms with Gasteiger partial charge in [-0.3, -0.25) is 4.79 Å². The summed E-state index contributed by atoms with van der Waals surface area (Å²) in [6.07, 6.45) is 0. The number of rotatable bonds is 6. The van der Waals surface area contributed by atoms with Crippen molar-refractivity contribution >= 4 is 40.1 Å². The lowest BCUT2D eigenvalue weighted by Gasteiger charge is -2.15. The van der Waals surface area contributed by atoms with E-state index in [0.29, 0.717) is 0 Å². The van der Waals surface area contributed by atoms with Gasteiger partial charge in [-0.25, -0.2) is 4.98 Å². The van der Waals surface area contributed by atoms with Crippen molar-refractivity contribution in [3.63, 3.8) is 0 Å². The first-order valence-corrected chi connectivity index (χ1v) is 9.57. The molecular formula is C20H24N4OS. The Morgan fingerprint density at radius 1 is 1.19 bits per heavy atom. The summed E-state index contributed by atoms with van der Waals surface area (Å²) in [5.74, 6) is -0.0256. The fourth-order valence-electron chi connectivity index (χ4n) is 2.75. The van der Waals surface area contributed by atoms with E-state index < -0.39 is 0 Å². The van der Waals surface area contributed by atoms with Crippen molar-refractivity contribution in [2.45, 2.75) is 30.8 Å². The molecule has 3 rings (SSSR count). The topological polar surface area (TPSA) is 50.2 Å². The molecule has 1 heterocycles. The molecule has 0 aliphatic rings. The smallest absolute Gasteiger partial charge is 0.237 e. The van der Waals surface area contributed by atoms with Crippen LogP contribution in [-0.4, -0.2) is 34.8 Å². The molecule has 0 aliphatic heterocycles. The fourth-order valence-corrected chi connectivity index (χ4v) is 3.74. The van der Waals surface area contributed by atoms with E-state index in [2.05, 4.69) is 27.9 Å². The van der Waals surface area contributed by atoms with E-state index in [1.165, 1.54) is 11.8 Å². The molecule has 0 fully saturated rings. The number of amides is 1. The third-order valence-corrected chi connectivity index (χ3v) is 5.33. The van der Waals surface area contributed by atoms with Crippen molar-refractivity contribution in [3.05, 3.63) is 48.5 Å². The predicted octanol–water partition coefficient (Wildman–Crippen LogP) is 4.24. The van der Waals surface area contributed by atoms with Crippen LogP contribution in [-0.2, 0) is 11.3 Å². The van der Waals surface area contributed by atoms with Crippen LogP contribution in [0.25, 0.3) is 11.0 Å². The minimum atomic E-state index is -0.245. The number of aryl methyl sites for hydroxylation is 1. The number of benzene rings is 2. The number of hydrogen-bond donors (Lipinski definition) is 1. The van der Waals surface area contributed by atoms with Gasteiger partial charge in [-0.15, -0.1) is 0 Å². The molecule has 0 radical (unpaired) electrons. The van der Waals surface area contributed by atoms with Crippen LogP contribution in [0.1, 0.15) is 13.8 Å². The van der Waals surface area contributed by atoms with Crippen molar-refractivity contribution < 1.29 is 4.79 Å². The summed E-state index contributed by atoms with van der Waals surface area (Å²) in [5.41, 5.74) is 3.97. The third-order valence-electron chi connectivity index (χ3n) is 4.24. The van der Waals surface area contributed by atoms with Crippen LogP contribution in [0.2, 0.25) is 0 Å². The van der Waals surface area contributed by atoms with Gasteiger partial charge >= 0.3 is 0 Å². The number of imidazole rings is 1. The average Bonchev–Trinajstić information content (AvgIpc) is 2.99. The maximum atomic E-state index is 12.6. The zero-order valence-corrected chi connectivity index (χ0v) is 16.4. The van der Waals surface area contributed by atoms with Crippen LogP contribution in [0.4, 0.5) is 11.4 Å². The number of anilines is 2. The van der Waals surface area contributed by atoms with Gasteiger partial charge in [0.15, 0.2) is 5.16 Å². The van der Waals surface area contributed by atoms with Crippen LogP contribution in [0, 0.1) is 0 Å². The monoisotopic (exact) mass is 368 g/mol. The van der Waals surface area contributed by atoms with Crippen molar-refractivity contribution in [1.29, 1.82) is 0 Å². The number of fused-ring (bicyclic) bond motifs is 1. The van der Waals surface area contributed by atoms with Crippen molar-refractivity contribution in [2.24, 2.45) is 0 Å². The van der Waals surface area contributed by atoms with Gasteiger partial charge in [0.05, 0.1) is 16.3 Å². The molecule has 2 aromatic carbocycles. The Labute approximate surface area is 158 Å². The lowest BCUT2D eigenvalue weighted by molar-refractivity contribution is -0.115. The zero-order valence-electron chi connectivity index (χ0n) is 15.6. The second-order valence-electron chi connectivity index (χ2n) is 6.32. The first-order valence-electron chi connectivity index (χ1n) is 8.69. The highest BCUT2D eigenvalue weighted by Gasteiger charge is 2.19. The molecule has 1 amide bonds. The highest BCUT2D eigenvalue weighted by molar-refractivity contribution is 8.00. The molecule has 136 valence electrons. The molecule has 3 aromatic rings. The summed E-state index contributed by atoms with van der Waals surface area (Å²) in [6, 6.07) is 15.9. The number of nitrogens with zero attached hydrogens (tertiary/aromatic N) is 3. The largest absolute Gasteiger partial charge is 0.378 e. The van der Waals surface area contributed by atoms with Gasteiger partial charge in [0.25, 0.3) is 0 Å². The van der Waals surface area contributed by atoms with Crippen molar-refractivity contribution in [2.75, 3.05) is 24.3 Å². The number of nitrogens with one attached hydrogen (secondary N) is 1. The molecular weight excluding hydrogens is 344 g/mol. The Kier molecular flexibility index (Phi) is 5.52.